The van der Waals surface area contributed by atoms with Gasteiger partial charge in [0.25, 0.3) is 0 Å². The first-order valence-electron chi connectivity index (χ1n) is 8.07. The molecule has 0 amide bonds. The van der Waals surface area contributed by atoms with E-state index >= 15 is 0 Å². The Labute approximate surface area is 126 Å². The van der Waals surface area contributed by atoms with Crippen LogP contribution in [0.3, 0.4) is 0 Å². The van der Waals surface area contributed by atoms with Crippen molar-refractivity contribution in [3.8, 4) is 11.5 Å². The summed E-state index contributed by atoms with van der Waals surface area (Å²) in [6.45, 7) is 5.08. The van der Waals surface area contributed by atoms with E-state index in [0.717, 1.165) is 37.0 Å². The van der Waals surface area contributed by atoms with Crippen molar-refractivity contribution in [2.45, 2.75) is 38.6 Å². The summed E-state index contributed by atoms with van der Waals surface area (Å²) in [6, 6.07) is 6.38. The van der Waals surface area contributed by atoms with Gasteiger partial charge in [-0.2, -0.15) is 0 Å². The van der Waals surface area contributed by atoms with Gasteiger partial charge in [0.15, 0.2) is 11.5 Å². The Kier molecular flexibility index (Phi) is 4.99. The average molecular weight is 291 g/mol. The molecular weight excluding hydrogens is 266 g/mol. The first-order chi connectivity index (χ1) is 10.4. The van der Waals surface area contributed by atoms with Gasteiger partial charge in [-0.1, -0.05) is 25.8 Å². The van der Waals surface area contributed by atoms with Crippen LogP contribution in [0.2, 0.25) is 0 Å². The van der Waals surface area contributed by atoms with E-state index in [1.54, 1.807) is 0 Å². The Morgan fingerprint density at radius 2 is 2.14 bits per heavy atom. The maximum Gasteiger partial charge on any atom is 0.231 e. The maximum absolute atomic E-state index is 5.88. The van der Waals surface area contributed by atoms with Gasteiger partial charge in [0.2, 0.25) is 6.79 Å². The lowest BCUT2D eigenvalue weighted by molar-refractivity contribution is 0.106. The number of ether oxygens (including phenoxy) is 3. The number of nitrogens with one attached hydrogen (secondary N) is 1. The predicted octanol–water partition coefficient (Wildman–Crippen LogP) is 3.27. The first kappa shape index (κ1) is 14.7. The van der Waals surface area contributed by atoms with E-state index in [4.69, 9.17) is 14.2 Å². The summed E-state index contributed by atoms with van der Waals surface area (Å²) in [5.41, 5.74) is 1.21. The van der Waals surface area contributed by atoms with E-state index in [1.165, 1.54) is 24.8 Å². The van der Waals surface area contributed by atoms with Crippen molar-refractivity contribution >= 4 is 0 Å². The van der Waals surface area contributed by atoms with Crippen LogP contribution >= 0.6 is 0 Å². The number of rotatable bonds is 9. The molecule has 1 aliphatic carbocycles. The molecule has 1 atom stereocenters. The lowest BCUT2D eigenvalue weighted by Gasteiger charge is -2.19. The monoisotopic (exact) mass is 291 g/mol. The average Bonchev–Trinajstić information content (AvgIpc) is 3.21. The largest absolute Gasteiger partial charge is 0.454 e. The van der Waals surface area contributed by atoms with Crippen molar-refractivity contribution in [1.82, 2.24) is 5.32 Å². The summed E-state index contributed by atoms with van der Waals surface area (Å²) in [7, 11) is 0. The van der Waals surface area contributed by atoms with Gasteiger partial charge in [0.1, 0.15) is 0 Å². The standard InChI is InChI=1S/C17H25NO3/c1-2-8-18-15(11-19-9-7-13-3-4-13)14-5-6-16-17(10-14)21-12-20-16/h5-6,10,13,15,18H,2-4,7-9,11-12H2,1H3. The molecule has 1 heterocycles. The van der Waals surface area contributed by atoms with Crippen LogP contribution in [0.15, 0.2) is 18.2 Å². The van der Waals surface area contributed by atoms with Crippen molar-refractivity contribution in [2.75, 3.05) is 26.6 Å². The molecule has 0 spiro atoms. The van der Waals surface area contributed by atoms with Gasteiger partial charge in [-0.15, -0.1) is 0 Å². The smallest absolute Gasteiger partial charge is 0.231 e. The third-order valence-corrected chi connectivity index (χ3v) is 4.09. The Bertz CT molecular complexity index is 459. The summed E-state index contributed by atoms with van der Waals surface area (Å²) in [5, 5.41) is 3.56. The zero-order valence-corrected chi connectivity index (χ0v) is 12.8. The van der Waals surface area contributed by atoms with Crippen LogP contribution in [0.25, 0.3) is 0 Å². The zero-order chi connectivity index (χ0) is 14.5. The summed E-state index contributed by atoms with van der Waals surface area (Å²) in [6.07, 6.45) is 5.11. The van der Waals surface area contributed by atoms with Gasteiger partial charge < -0.3 is 19.5 Å². The molecular formula is C17H25NO3. The van der Waals surface area contributed by atoms with Crippen molar-refractivity contribution in [2.24, 2.45) is 5.92 Å². The van der Waals surface area contributed by atoms with Crippen molar-refractivity contribution < 1.29 is 14.2 Å². The number of benzene rings is 1. The van der Waals surface area contributed by atoms with E-state index in [-0.39, 0.29) is 6.04 Å². The molecule has 0 aromatic heterocycles. The minimum absolute atomic E-state index is 0.221. The molecule has 3 rings (SSSR count). The van der Waals surface area contributed by atoms with Gasteiger partial charge in [-0.25, -0.2) is 0 Å². The van der Waals surface area contributed by atoms with Gasteiger partial charge in [0, 0.05) is 6.61 Å². The molecule has 21 heavy (non-hydrogen) atoms. The SMILES string of the molecule is CCCNC(COCCC1CC1)c1ccc2c(c1)OCO2. The maximum atomic E-state index is 5.88. The van der Waals surface area contributed by atoms with Crippen LogP contribution < -0.4 is 14.8 Å². The van der Waals surface area contributed by atoms with E-state index in [9.17, 15) is 0 Å². The number of hydrogen-bond donors (Lipinski definition) is 1. The number of hydrogen-bond acceptors (Lipinski definition) is 4. The second kappa shape index (κ2) is 7.14. The summed E-state index contributed by atoms with van der Waals surface area (Å²) in [5.74, 6) is 2.61. The fraction of sp³-hybridized carbons (Fsp3) is 0.647. The Morgan fingerprint density at radius 3 is 2.95 bits per heavy atom. The van der Waals surface area contributed by atoms with Gasteiger partial charge in [0.05, 0.1) is 12.6 Å². The minimum Gasteiger partial charge on any atom is -0.454 e. The molecule has 116 valence electrons. The highest BCUT2D eigenvalue weighted by molar-refractivity contribution is 5.45. The van der Waals surface area contributed by atoms with Gasteiger partial charge in [-0.05, 0) is 43.0 Å². The van der Waals surface area contributed by atoms with E-state index in [2.05, 4.69) is 24.4 Å². The van der Waals surface area contributed by atoms with Crippen molar-refractivity contribution in [3.63, 3.8) is 0 Å². The molecule has 0 bridgehead atoms. The van der Waals surface area contributed by atoms with Crippen molar-refractivity contribution in [1.29, 1.82) is 0 Å². The second-order valence-electron chi connectivity index (χ2n) is 5.93. The number of fused-ring (bicyclic) bond motifs is 1. The van der Waals surface area contributed by atoms with E-state index in [1.807, 2.05) is 6.07 Å². The molecule has 1 aromatic rings. The minimum atomic E-state index is 0.221. The Morgan fingerprint density at radius 1 is 1.29 bits per heavy atom. The normalized spacial score (nSPS) is 18.0. The molecule has 1 aliphatic heterocycles. The molecule has 1 unspecified atom stereocenters. The van der Waals surface area contributed by atoms with Crippen LogP contribution in [-0.4, -0.2) is 26.6 Å². The third-order valence-electron chi connectivity index (χ3n) is 4.09. The quantitative estimate of drug-likeness (QED) is 0.709. The highest BCUT2D eigenvalue weighted by Crippen LogP contribution is 2.34. The van der Waals surface area contributed by atoms with Crippen LogP contribution in [-0.2, 0) is 4.74 Å². The van der Waals surface area contributed by atoms with Crippen LogP contribution in [0, 0.1) is 5.92 Å². The first-order valence-corrected chi connectivity index (χ1v) is 8.07. The molecule has 1 fully saturated rings. The third kappa shape index (κ3) is 4.11. The molecule has 1 saturated carbocycles. The van der Waals surface area contributed by atoms with E-state index < -0.39 is 0 Å². The molecule has 1 aromatic carbocycles. The Hall–Kier alpha value is -1.26. The summed E-state index contributed by atoms with van der Waals surface area (Å²) in [4.78, 5) is 0. The lowest BCUT2D eigenvalue weighted by atomic mass is 10.1. The van der Waals surface area contributed by atoms with Crippen LogP contribution in [0.5, 0.6) is 11.5 Å². The Balaban J connectivity index is 1.57. The second-order valence-corrected chi connectivity index (χ2v) is 5.93. The van der Waals surface area contributed by atoms with Crippen molar-refractivity contribution in [3.05, 3.63) is 23.8 Å². The van der Waals surface area contributed by atoms with Gasteiger partial charge >= 0.3 is 0 Å². The van der Waals surface area contributed by atoms with Gasteiger partial charge in [-0.3, -0.25) is 0 Å². The molecule has 1 N–H and O–H groups in total. The van der Waals surface area contributed by atoms with Crippen LogP contribution in [0.4, 0.5) is 0 Å². The molecule has 0 saturated heterocycles. The zero-order valence-electron chi connectivity index (χ0n) is 12.8. The van der Waals surface area contributed by atoms with Crippen LogP contribution in [0.1, 0.15) is 44.2 Å². The summed E-state index contributed by atoms with van der Waals surface area (Å²) >= 11 is 0. The topological polar surface area (TPSA) is 39.7 Å². The highest BCUT2D eigenvalue weighted by atomic mass is 16.7. The lowest BCUT2D eigenvalue weighted by Crippen LogP contribution is -2.26. The fourth-order valence-electron chi connectivity index (χ4n) is 2.58. The molecule has 2 aliphatic rings. The predicted molar refractivity (Wildman–Crippen MR) is 81.8 cm³/mol. The molecule has 4 nitrogen and oxygen atoms in total. The van der Waals surface area contributed by atoms with E-state index in [0.29, 0.717) is 13.4 Å². The fourth-order valence-corrected chi connectivity index (χ4v) is 2.58. The molecule has 0 radical (unpaired) electrons. The summed E-state index contributed by atoms with van der Waals surface area (Å²) < 4.78 is 16.7. The highest BCUT2D eigenvalue weighted by Gasteiger charge is 2.21. The molecule has 4 heteroatoms.